The summed E-state index contributed by atoms with van der Waals surface area (Å²) in [5.41, 5.74) is 1.00. The number of nitrogens with zero attached hydrogens (tertiary/aromatic N) is 2. The quantitative estimate of drug-likeness (QED) is 0.509. The largest absolute Gasteiger partial charge is 0.417 e. The number of carbonyl (C=O) groups excluding carboxylic acids is 1. The van der Waals surface area contributed by atoms with Crippen molar-refractivity contribution in [1.82, 2.24) is 4.98 Å². The van der Waals surface area contributed by atoms with Crippen LogP contribution in [-0.2, 0) is 38.7 Å². The Morgan fingerprint density at radius 2 is 1.71 bits per heavy atom. The summed E-state index contributed by atoms with van der Waals surface area (Å²) in [6.45, 7) is -0.0546. The lowest BCUT2D eigenvalue weighted by atomic mass is 10.1. The Balaban J connectivity index is 1.62. The number of fused-ring (bicyclic) bond motifs is 1. The number of benzene rings is 2. The molecule has 6 nitrogen and oxygen atoms in total. The minimum atomic E-state index is -4.53. The molecule has 2 heterocycles. The Hall–Kier alpha value is -3.31. The van der Waals surface area contributed by atoms with Gasteiger partial charge in [0.15, 0.2) is 15.9 Å². The lowest BCUT2D eigenvalue weighted by molar-refractivity contribution is -0.137. The van der Waals surface area contributed by atoms with Crippen molar-refractivity contribution in [3.63, 3.8) is 0 Å². The van der Waals surface area contributed by atoms with Crippen LogP contribution in [0.2, 0.25) is 0 Å². The van der Waals surface area contributed by atoms with E-state index in [1.165, 1.54) is 23.1 Å². The second-order valence-electron chi connectivity index (χ2n) is 8.22. The van der Waals surface area contributed by atoms with Crippen LogP contribution in [-0.4, -0.2) is 31.0 Å². The molecule has 35 heavy (non-hydrogen) atoms. The van der Waals surface area contributed by atoms with Crippen LogP contribution >= 0.6 is 0 Å². The highest BCUT2D eigenvalue weighted by atomic mass is 32.2. The molecule has 4 rings (SSSR count). The first-order valence-electron chi connectivity index (χ1n) is 10.5. The van der Waals surface area contributed by atoms with Crippen molar-refractivity contribution >= 4 is 21.4 Å². The minimum Gasteiger partial charge on any atom is -0.378 e. The summed E-state index contributed by atoms with van der Waals surface area (Å²) in [5.74, 6) is -1.59. The number of hydrogen-bond donors (Lipinski definition) is 1. The van der Waals surface area contributed by atoms with Crippen molar-refractivity contribution in [2.45, 2.75) is 30.2 Å². The summed E-state index contributed by atoms with van der Waals surface area (Å²) in [6, 6.07) is 11.5. The van der Waals surface area contributed by atoms with Crippen LogP contribution in [0.15, 0.2) is 60.8 Å². The Morgan fingerprint density at radius 3 is 2.34 bits per heavy atom. The van der Waals surface area contributed by atoms with Crippen LogP contribution in [0.1, 0.15) is 34.1 Å². The minimum absolute atomic E-state index is 0.0546. The highest BCUT2D eigenvalue weighted by Gasteiger charge is 2.31. The first-order valence-corrected chi connectivity index (χ1v) is 12.3. The summed E-state index contributed by atoms with van der Waals surface area (Å²) in [4.78, 5) is 18.3. The van der Waals surface area contributed by atoms with Crippen LogP contribution < -0.4 is 4.90 Å². The van der Waals surface area contributed by atoms with E-state index in [1.807, 2.05) is 0 Å². The highest BCUT2D eigenvalue weighted by Crippen LogP contribution is 2.31. The van der Waals surface area contributed by atoms with Gasteiger partial charge in [-0.3, -0.25) is 9.78 Å². The van der Waals surface area contributed by atoms with Crippen molar-refractivity contribution in [3.05, 3.63) is 94.6 Å². The summed E-state index contributed by atoms with van der Waals surface area (Å²) in [5, 5.41) is 10.7. The molecule has 0 bridgehead atoms. The maximum absolute atomic E-state index is 13.3. The number of aromatic nitrogens is 1. The van der Waals surface area contributed by atoms with E-state index in [-0.39, 0.29) is 35.7 Å². The van der Waals surface area contributed by atoms with Gasteiger partial charge in [-0.1, -0.05) is 18.2 Å². The number of rotatable bonds is 6. The number of hydrogen-bond acceptors (Lipinski definition) is 5. The fourth-order valence-electron chi connectivity index (χ4n) is 3.85. The van der Waals surface area contributed by atoms with Gasteiger partial charge in [-0.15, -0.1) is 0 Å². The number of amides is 1. The number of halogens is 4. The van der Waals surface area contributed by atoms with Gasteiger partial charge in [-0.2, -0.15) is 13.2 Å². The Bertz CT molecular complexity index is 1340. The van der Waals surface area contributed by atoms with Crippen molar-refractivity contribution < 1.29 is 35.9 Å². The maximum Gasteiger partial charge on any atom is 0.417 e. The van der Waals surface area contributed by atoms with Crippen molar-refractivity contribution in [2.75, 3.05) is 11.4 Å². The number of aliphatic hydroxyl groups is 1. The van der Waals surface area contributed by atoms with E-state index in [4.69, 9.17) is 0 Å². The zero-order chi connectivity index (χ0) is 25.4. The SMILES string of the molecule is O=C(C(O)c1ccc(F)cc1)N(CCc1ccc(C(F)(F)F)cn1)c1ccc2c(c1)CS(=O)(=O)C2. The molecule has 2 aromatic carbocycles. The fourth-order valence-corrected chi connectivity index (χ4v) is 5.45. The molecule has 3 aromatic rings. The number of alkyl halides is 3. The number of sulfone groups is 1. The van der Waals surface area contributed by atoms with E-state index in [9.17, 15) is 35.9 Å². The molecule has 0 fully saturated rings. The second-order valence-corrected chi connectivity index (χ2v) is 10.3. The van der Waals surface area contributed by atoms with Gasteiger partial charge < -0.3 is 10.0 Å². The Labute approximate surface area is 198 Å². The van der Waals surface area contributed by atoms with Gasteiger partial charge in [0, 0.05) is 30.5 Å². The zero-order valence-corrected chi connectivity index (χ0v) is 19.0. The zero-order valence-electron chi connectivity index (χ0n) is 18.2. The molecule has 1 amide bonds. The predicted molar refractivity (Wildman–Crippen MR) is 119 cm³/mol. The molecule has 0 aliphatic carbocycles. The Morgan fingerprint density at radius 1 is 1.03 bits per heavy atom. The third-order valence-corrected chi connectivity index (χ3v) is 7.18. The van der Waals surface area contributed by atoms with Gasteiger partial charge in [0.05, 0.1) is 17.1 Å². The standard InChI is InChI=1S/C24H20F4N2O4S/c25-19-5-1-15(2-6-19)22(31)23(32)30(10-9-20-7-4-18(12-29-20)24(26,27)28)21-8-3-16-13-35(33,34)14-17(16)11-21/h1-8,11-12,22,31H,9-10,13-14H2. The highest BCUT2D eigenvalue weighted by molar-refractivity contribution is 7.90. The van der Waals surface area contributed by atoms with Gasteiger partial charge in [0.1, 0.15) is 5.82 Å². The summed E-state index contributed by atoms with van der Waals surface area (Å²) < 4.78 is 75.7. The molecule has 1 aliphatic heterocycles. The average Bonchev–Trinajstić information content (AvgIpc) is 3.12. The van der Waals surface area contributed by atoms with E-state index >= 15 is 0 Å². The van der Waals surface area contributed by atoms with Gasteiger partial charge in [0.25, 0.3) is 5.91 Å². The third-order valence-electron chi connectivity index (χ3n) is 5.68. The van der Waals surface area contributed by atoms with Crippen LogP contribution in [0.3, 0.4) is 0 Å². The second kappa shape index (κ2) is 9.38. The van der Waals surface area contributed by atoms with E-state index < -0.39 is 39.4 Å². The monoisotopic (exact) mass is 508 g/mol. The van der Waals surface area contributed by atoms with Crippen LogP contribution in [0.4, 0.5) is 23.2 Å². The molecule has 184 valence electrons. The summed E-state index contributed by atoms with van der Waals surface area (Å²) >= 11 is 0. The van der Waals surface area contributed by atoms with E-state index in [1.54, 1.807) is 18.2 Å². The van der Waals surface area contributed by atoms with Crippen molar-refractivity contribution in [2.24, 2.45) is 0 Å². The molecule has 0 saturated heterocycles. The smallest absolute Gasteiger partial charge is 0.378 e. The molecule has 0 spiro atoms. The topological polar surface area (TPSA) is 87.6 Å². The first kappa shape index (κ1) is 24.8. The van der Waals surface area contributed by atoms with E-state index in [2.05, 4.69) is 4.98 Å². The lowest BCUT2D eigenvalue weighted by Gasteiger charge is -2.26. The molecule has 0 radical (unpaired) electrons. The van der Waals surface area contributed by atoms with E-state index in [0.717, 1.165) is 18.2 Å². The van der Waals surface area contributed by atoms with Crippen LogP contribution in [0.5, 0.6) is 0 Å². The van der Waals surface area contributed by atoms with Gasteiger partial charge in [-0.25, -0.2) is 12.8 Å². The molecular weight excluding hydrogens is 488 g/mol. The molecule has 1 N–H and O–H groups in total. The van der Waals surface area contributed by atoms with E-state index in [0.29, 0.717) is 23.0 Å². The normalized spacial score (nSPS) is 15.5. The summed E-state index contributed by atoms with van der Waals surface area (Å²) in [6.07, 6.45) is -5.41. The van der Waals surface area contributed by atoms with Crippen LogP contribution in [0.25, 0.3) is 0 Å². The van der Waals surface area contributed by atoms with Gasteiger partial charge >= 0.3 is 6.18 Å². The maximum atomic E-state index is 13.3. The van der Waals surface area contributed by atoms with Crippen LogP contribution in [0, 0.1) is 5.82 Å². The Kier molecular flexibility index (Phi) is 6.65. The molecule has 0 saturated carbocycles. The molecule has 11 heteroatoms. The lowest BCUT2D eigenvalue weighted by Crippen LogP contribution is -2.37. The fraction of sp³-hybridized carbons (Fsp3) is 0.250. The van der Waals surface area contributed by atoms with Gasteiger partial charge in [-0.05, 0) is 53.1 Å². The first-order chi connectivity index (χ1) is 16.4. The predicted octanol–water partition coefficient (Wildman–Crippen LogP) is 3.98. The number of carbonyl (C=O) groups is 1. The molecule has 1 atom stereocenters. The average molecular weight is 508 g/mol. The third kappa shape index (κ3) is 5.68. The number of aliphatic hydroxyl groups excluding tert-OH is 1. The molecule has 1 aromatic heterocycles. The van der Waals surface area contributed by atoms with Crippen molar-refractivity contribution in [1.29, 1.82) is 0 Å². The molecule has 1 aliphatic rings. The number of pyridine rings is 1. The van der Waals surface area contributed by atoms with Gasteiger partial charge in [0.2, 0.25) is 0 Å². The molecule has 1 unspecified atom stereocenters. The molecular formula is C24H20F4N2O4S. The summed E-state index contributed by atoms with van der Waals surface area (Å²) in [7, 11) is -3.29. The van der Waals surface area contributed by atoms with Crippen molar-refractivity contribution in [3.8, 4) is 0 Å². The number of anilines is 1.